The van der Waals surface area contributed by atoms with Crippen molar-refractivity contribution in [3.8, 4) is 0 Å². The fourth-order valence-electron chi connectivity index (χ4n) is 0. The van der Waals surface area contributed by atoms with Gasteiger partial charge in [0.25, 0.3) is 0 Å². The normalized spacial score (nSPS) is 8.92. The van der Waals surface area contributed by atoms with Crippen LogP contribution in [0.1, 0.15) is 0 Å². The molecule has 0 aliphatic rings. The molecule has 0 fully saturated rings. The molecule has 13 heteroatoms. The summed E-state index contributed by atoms with van der Waals surface area (Å²) in [6.07, 6.45) is 0. The average molecular weight is 274 g/mol. The van der Waals surface area contributed by atoms with Crippen LogP contribution in [-0.4, -0.2) is 83.7 Å². The average Bonchev–Trinajstić information content (AvgIpc) is 1.12. The topological polar surface area (TPSA) is 212 Å². The molecule has 0 aromatic heterocycles. The molecule has 0 unspecified atom stereocenters. The van der Waals surface area contributed by atoms with Gasteiger partial charge in [0, 0.05) is 0 Å². The molecule has 0 aromatic carbocycles. The van der Waals surface area contributed by atoms with E-state index in [1.807, 2.05) is 0 Å². The maximum atomic E-state index is 8.74. The predicted molar refractivity (Wildman–Crippen MR) is 44.1 cm³/mol. The number of hydrogen-bond acceptors (Lipinski definition) is 4. The van der Waals surface area contributed by atoms with E-state index in [2.05, 4.69) is 0 Å². The van der Waals surface area contributed by atoms with Gasteiger partial charge in [-0.3, -0.25) is 18.2 Å². The van der Waals surface area contributed by atoms with E-state index in [9.17, 15) is 0 Å². The third kappa shape index (κ3) is 1820. The van der Waals surface area contributed by atoms with Crippen molar-refractivity contribution in [1.29, 1.82) is 0 Å². The van der Waals surface area contributed by atoms with E-state index in [0.717, 1.165) is 0 Å². The number of hydrogen-bond donors (Lipinski definition) is 4. The molecule has 0 saturated carbocycles. The van der Waals surface area contributed by atoms with Gasteiger partial charge in [-0.05, 0) is 0 Å². The van der Waals surface area contributed by atoms with Gasteiger partial charge < -0.3 is 11.0 Å². The first-order valence-corrected chi connectivity index (χ1v) is 4.19. The van der Waals surface area contributed by atoms with Crippen LogP contribution in [0.2, 0.25) is 0 Å². The molecule has 84 valence electrons. The molecule has 0 heterocycles. The van der Waals surface area contributed by atoms with Crippen LogP contribution in [0, 0.1) is 0 Å². The van der Waals surface area contributed by atoms with E-state index in [0.29, 0.717) is 0 Å². The quantitative estimate of drug-likeness (QED) is 0.252. The van der Waals surface area contributed by atoms with E-state index in [1.165, 1.54) is 0 Å². The van der Waals surface area contributed by atoms with Crippen LogP contribution in [0.3, 0.4) is 0 Å². The molecule has 0 spiro atoms. The first-order valence-electron chi connectivity index (χ1n) is 1.40. The van der Waals surface area contributed by atoms with Gasteiger partial charge in [-0.1, -0.05) is 0 Å². The molecule has 0 aliphatic heterocycles. The molecular formula is H10CaO10S2. The van der Waals surface area contributed by atoms with Gasteiger partial charge >= 0.3 is 58.5 Å². The first-order chi connectivity index (χ1) is 4.00. The molecule has 0 bridgehead atoms. The Hall–Kier alpha value is 0.920. The summed E-state index contributed by atoms with van der Waals surface area (Å²) >= 11 is 0. The predicted octanol–water partition coefficient (Wildman–Crippen LogP) is -3.87. The Morgan fingerprint density at radius 3 is 0.615 bits per heavy atom. The van der Waals surface area contributed by atoms with Crippen molar-refractivity contribution < 1.29 is 46.0 Å². The minimum absolute atomic E-state index is 0. The number of rotatable bonds is 0. The summed E-state index contributed by atoms with van der Waals surface area (Å²) in [6, 6.07) is 0. The monoisotopic (exact) mass is 274 g/mol. The van der Waals surface area contributed by atoms with Gasteiger partial charge in [0.1, 0.15) is 0 Å². The SMILES string of the molecule is O.O.O=S(=O)(O)O.O=S(=O)(O)O.[CaH2]. The molecule has 0 saturated heterocycles. The fraction of sp³-hybridized carbons (Fsp3) is 0. The molecule has 8 N–H and O–H groups in total. The van der Waals surface area contributed by atoms with Gasteiger partial charge in [-0.15, -0.1) is 0 Å². The van der Waals surface area contributed by atoms with E-state index in [-0.39, 0.29) is 48.7 Å². The van der Waals surface area contributed by atoms with Crippen LogP contribution < -0.4 is 0 Å². The second kappa shape index (κ2) is 11.0. The van der Waals surface area contributed by atoms with Crippen LogP contribution >= 0.6 is 0 Å². The molecule has 0 aliphatic carbocycles. The van der Waals surface area contributed by atoms with E-state index < -0.39 is 20.8 Å². The Morgan fingerprint density at radius 2 is 0.615 bits per heavy atom. The van der Waals surface area contributed by atoms with Gasteiger partial charge in [0.15, 0.2) is 0 Å². The van der Waals surface area contributed by atoms with Crippen molar-refractivity contribution in [2.75, 3.05) is 0 Å². The van der Waals surface area contributed by atoms with E-state index in [4.69, 9.17) is 35.0 Å². The molecule has 0 amide bonds. The summed E-state index contributed by atoms with van der Waals surface area (Å²) < 4.78 is 63.2. The Labute approximate surface area is 104 Å². The first kappa shape index (κ1) is 29.2. The molecule has 0 aromatic rings. The minimum atomic E-state index is -4.67. The summed E-state index contributed by atoms with van der Waals surface area (Å²) in [7, 11) is -9.33. The molecule has 0 atom stereocenters. The van der Waals surface area contributed by atoms with Crippen molar-refractivity contribution in [3.05, 3.63) is 0 Å². The molecule has 10 nitrogen and oxygen atoms in total. The van der Waals surface area contributed by atoms with Gasteiger partial charge in [-0.2, -0.15) is 16.8 Å². The molecule has 13 heavy (non-hydrogen) atoms. The Kier molecular flexibility index (Phi) is 24.7. The van der Waals surface area contributed by atoms with Crippen LogP contribution in [0.25, 0.3) is 0 Å². The van der Waals surface area contributed by atoms with Crippen LogP contribution in [0.15, 0.2) is 0 Å². The second-order valence-corrected chi connectivity index (χ2v) is 2.69. The zero-order valence-corrected chi connectivity index (χ0v) is 6.87. The van der Waals surface area contributed by atoms with Gasteiger partial charge in [-0.25, -0.2) is 0 Å². The third-order valence-corrected chi connectivity index (χ3v) is 0. The summed E-state index contributed by atoms with van der Waals surface area (Å²) in [4.78, 5) is 0. The zero-order valence-electron chi connectivity index (χ0n) is 5.24. The summed E-state index contributed by atoms with van der Waals surface area (Å²) in [5.41, 5.74) is 0. The molecule has 0 rings (SSSR count). The van der Waals surface area contributed by atoms with Crippen LogP contribution in [0.5, 0.6) is 0 Å². The van der Waals surface area contributed by atoms with Crippen molar-refractivity contribution in [2.24, 2.45) is 0 Å². The van der Waals surface area contributed by atoms with Crippen molar-refractivity contribution in [3.63, 3.8) is 0 Å². The summed E-state index contributed by atoms with van der Waals surface area (Å²) in [6.45, 7) is 0. The van der Waals surface area contributed by atoms with E-state index >= 15 is 0 Å². The van der Waals surface area contributed by atoms with Gasteiger partial charge in [0.05, 0.1) is 0 Å². The second-order valence-electron chi connectivity index (χ2n) is 0.896. The van der Waals surface area contributed by atoms with Crippen LogP contribution in [0.4, 0.5) is 0 Å². The third-order valence-electron chi connectivity index (χ3n) is 0. The van der Waals surface area contributed by atoms with E-state index in [1.54, 1.807) is 0 Å². The standard InChI is InChI=1S/Ca.2H2O4S.2H2O.2H/c;2*1-5(2,3)4;;;;/h;2*(H2,1,2,3,4);2*1H2;;. The maximum absolute atomic E-state index is 8.74. The van der Waals surface area contributed by atoms with Crippen molar-refractivity contribution in [2.45, 2.75) is 0 Å². The fourth-order valence-corrected chi connectivity index (χ4v) is 0. The zero-order chi connectivity index (χ0) is 9.00. The Balaban J connectivity index is -0.0000000267. The van der Waals surface area contributed by atoms with Crippen LogP contribution in [-0.2, 0) is 20.8 Å². The van der Waals surface area contributed by atoms with Gasteiger partial charge in [0.2, 0.25) is 0 Å². The van der Waals surface area contributed by atoms with Crippen molar-refractivity contribution in [1.82, 2.24) is 0 Å². The summed E-state index contributed by atoms with van der Waals surface area (Å²) in [5, 5.41) is 0. The molecule has 0 radical (unpaired) electrons. The Morgan fingerprint density at radius 1 is 0.615 bits per heavy atom. The van der Waals surface area contributed by atoms with Crippen molar-refractivity contribution >= 4 is 58.5 Å². The summed E-state index contributed by atoms with van der Waals surface area (Å²) in [5.74, 6) is 0. The molecular weight excluding hydrogens is 264 g/mol. The Bertz CT molecular complexity index is 209.